The Morgan fingerprint density at radius 2 is 1.77 bits per heavy atom. The van der Waals surface area contributed by atoms with Crippen molar-refractivity contribution < 1.29 is 8.42 Å². The largest absolute Gasteiger partial charge is 0.297 e. The van der Waals surface area contributed by atoms with Crippen molar-refractivity contribution in [3.05, 3.63) is 34.9 Å². The van der Waals surface area contributed by atoms with E-state index in [2.05, 4.69) is 4.72 Å². The van der Waals surface area contributed by atoms with Gasteiger partial charge in [0.1, 0.15) is 0 Å². The van der Waals surface area contributed by atoms with E-state index in [0.29, 0.717) is 5.02 Å². The molecule has 0 heterocycles. The molecular weight excluding hydrogens is 233 g/mol. The van der Waals surface area contributed by atoms with E-state index in [1.165, 1.54) is 0 Å². The van der Waals surface area contributed by atoms with Crippen LogP contribution in [0.4, 0.5) is 0 Å². The molecule has 0 bridgehead atoms. The summed E-state index contributed by atoms with van der Waals surface area (Å²) >= 11 is 5.64. The Bertz CT molecular complexity index is 374. The van der Waals surface area contributed by atoms with Gasteiger partial charge in [-0.1, -0.05) is 23.7 Å². The summed E-state index contributed by atoms with van der Waals surface area (Å²) in [6.45, 7) is 0.170. The number of benzene rings is 1. The predicted molar refractivity (Wildman–Crippen MR) is 53.1 cm³/mol. The van der Waals surface area contributed by atoms with Crippen molar-refractivity contribution in [2.24, 2.45) is 0 Å². The van der Waals surface area contributed by atoms with Crippen LogP contribution in [0.1, 0.15) is 5.56 Å². The molecule has 0 atom stereocenters. The van der Waals surface area contributed by atoms with Crippen LogP contribution in [0.5, 0.6) is 0 Å². The first-order chi connectivity index (χ1) is 5.97. The van der Waals surface area contributed by atoms with Crippen molar-refractivity contribution in [2.75, 3.05) is 0 Å². The SMILES string of the molecule is O=S(=O)(Cl)NCc1ccc(Cl)cc1. The predicted octanol–water partition coefficient (Wildman–Crippen LogP) is 1.91. The molecule has 1 rings (SSSR count). The summed E-state index contributed by atoms with van der Waals surface area (Å²) in [7, 11) is 1.31. The summed E-state index contributed by atoms with van der Waals surface area (Å²) in [6.07, 6.45) is 0. The number of hydrogen-bond donors (Lipinski definition) is 1. The van der Waals surface area contributed by atoms with Crippen LogP contribution in [0, 0.1) is 0 Å². The summed E-state index contributed by atoms with van der Waals surface area (Å²) in [5, 5.41) is 0.609. The fraction of sp³-hybridized carbons (Fsp3) is 0.143. The van der Waals surface area contributed by atoms with Crippen molar-refractivity contribution >= 4 is 31.5 Å². The molecule has 0 fully saturated rings. The topological polar surface area (TPSA) is 46.2 Å². The normalized spacial score (nSPS) is 11.5. The average molecular weight is 240 g/mol. The second kappa shape index (κ2) is 4.28. The molecule has 0 aliphatic carbocycles. The minimum absolute atomic E-state index is 0.170. The third-order valence-corrected chi connectivity index (χ3v) is 2.43. The minimum atomic E-state index is -3.64. The van der Waals surface area contributed by atoms with E-state index in [1.54, 1.807) is 24.3 Å². The number of hydrogen-bond acceptors (Lipinski definition) is 2. The molecule has 0 saturated carbocycles. The Morgan fingerprint density at radius 3 is 2.23 bits per heavy atom. The van der Waals surface area contributed by atoms with Crippen molar-refractivity contribution in [3.8, 4) is 0 Å². The lowest BCUT2D eigenvalue weighted by Crippen LogP contribution is -2.17. The molecule has 0 aliphatic heterocycles. The first-order valence-electron chi connectivity index (χ1n) is 3.41. The van der Waals surface area contributed by atoms with Gasteiger partial charge in [0, 0.05) is 22.2 Å². The van der Waals surface area contributed by atoms with E-state index >= 15 is 0 Å². The van der Waals surface area contributed by atoms with Crippen LogP contribution < -0.4 is 4.72 Å². The van der Waals surface area contributed by atoms with Gasteiger partial charge >= 0.3 is 0 Å². The van der Waals surface area contributed by atoms with E-state index in [4.69, 9.17) is 22.3 Å². The quantitative estimate of drug-likeness (QED) is 0.820. The number of rotatable bonds is 3. The highest BCUT2D eigenvalue weighted by atomic mass is 35.7. The van der Waals surface area contributed by atoms with Crippen LogP contribution in [0.25, 0.3) is 0 Å². The van der Waals surface area contributed by atoms with Gasteiger partial charge < -0.3 is 0 Å². The molecule has 72 valence electrons. The lowest BCUT2D eigenvalue weighted by atomic mass is 10.2. The molecule has 0 spiro atoms. The molecule has 0 aliphatic rings. The van der Waals surface area contributed by atoms with Crippen molar-refractivity contribution in [1.82, 2.24) is 4.72 Å². The van der Waals surface area contributed by atoms with Gasteiger partial charge in [0.15, 0.2) is 0 Å². The van der Waals surface area contributed by atoms with Crippen molar-refractivity contribution in [1.29, 1.82) is 0 Å². The zero-order chi connectivity index (χ0) is 9.90. The zero-order valence-electron chi connectivity index (χ0n) is 6.50. The fourth-order valence-electron chi connectivity index (χ4n) is 0.772. The zero-order valence-corrected chi connectivity index (χ0v) is 8.83. The van der Waals surface area contributed by atoms with Crippen LogP contribution >= 0.6 is 22.3 Å². The summed E-state index contributed by atoms with van der Waals surface area (Å²) < 4.78 is 23.2. The number of nitrogens with one attached hydrogen (secondary N) is 1. The van der Waals surface area contributed by atoms with Gasteiger partial charge in [-0.15, -0.1) is 0 Å². The molecule has 1 aromatic rings. The maximum Gasteiger partial charge on any atom is 0.297 e. The Kier molecular flexibility index (Phi) is 3.55. The maximum absolute atomic E-state index is 10.5. The van der Waals surface area contributed by atoms with Crippen molar-refractivity contribution in [3.63, 3.8) is 0 Å². The highest BCUT2D eigenvalue weighted by Gasteiger charge is 2.02. The van der Waals surface area contributed by atoms with Gasteiger partial charge in [-0.05, 0) is 17.7 Å². The smallest absolute Gasteiger partial charge is 0.198 e. The van der Waals surface area contributed by atoms with Gasteiger partial charge in [0.25, 0.3) is 9.24 Å². The second-order valence-electron chi connectivity index (χ2n) is 2.39. The molecule has 0 aromatic heterocycles. The molecule has 0 unspecified atom stereocenters. The van der Waals surface area contributed by atoms with Crippen molar-refractivity contribution in [2.45, 2.75) is 6.54 Å². The lowest BCUT2D eigenvalue weighted by Gasteiger charge is -2.00. The molecule has 0 saturated heterocycles. The third kappa shape index (κ3) is 4.47. The van der Waals surface area contributed by atoms with Crippen LogP contribution in [0.2, 0.25) is 5.02 Å². The lowest BCUT2D eigenvalue weighted by molar-refractivity contribution is 0.596. The van der Waals surface area contributed by atoms with E-state index in [1.807, 2.05) is 0 Å². The van der Waals surface area contributed by atoms with Gasteiger partial charge in [0.05, 0.1) is 0 Å². The fourth-order valence-corrected chi connectivity index (χ4v) is 1.40. The molecule has 13 heavy (non-hydrogen) atoms. The van der Waals surface area contributed by atoms with Crippen LogP contribution in [-0.4, -0.2) is 8.42 Å². The van der Waals surface area contributed by atoms with E-state index in [-0.39, 0.29) is 6.54 Å². The highest BCUT2D eigenvalue weighted by Crippen LogP contribution is 2.09. The Balaban J connectivity index is 2.61. The summed E-state index contributed by atoms with van der Waals surface area (Å²) in [5.74, 6) is 0. The van der Waals surface area contributed by atoms with E-state index in [0.717, 1.165) is 5.56 Å². The molecule has 0 radical (unpaired) electrons. The Morgan fingerprint density at radius 1 is 1.23 bits per heavy atom. The van der Waals surface area contributed by atoms with Gasteiger partial charge in [0.2, 0.25) is 0 Å². The summed E-state index contributed by atoms with van der Waals surface area (Å²) in [5.41, 5.74) is 0.800. The van der Waals surface area contributed by atoms with E-state index < -0.39 is 9.24 Å². The summed E-state index contributed by atoms with van der Waals surface area (Å²) in [6, 6.07) is 6.80. The van der Waals surface area contributed by atoms with Crippen LogP contribution in [0.15, 0.2) is 24.3 Å². The number of halogens is 2. The molecular formula is C7H7Cl2NO2S. The summed E-state index contributed by atoms with van der Waals surface area (Å²) in [4.78, 5) is 0. The van der Waals surface area contributed by atoms with Crippen LogP contribution in [0.3, 0.4) is 0 Å². The first-order valence-corrected chi connectivity index (χ1v) is 6.10. The minimum Gasteiger partial charge on any atom is -0.198 e. The average Bonchev–Trinajstić information content (AvgIpc) is 2.02. The van der Waals surface area contributed by atoms with E-state index in [9.17, 15) is 8.42 Å². The second-order valence-corrected chi connectivity index (χ2v) is 5.21. The molecule has 1 aromatic carbocycles. The molecule has 1 N–H and O–H groups in total. The monoisotopic (exact) mass is 239 g/mol. The van der Waals surface area contributed by atoms with Crippen LogP contribution in [-0.2, 0) is 15.8 Å². The Hall–Kier alpha value is -0.290. The first kappa shape index (κ1) is 10.8. The maximum atomic E-state index is 10.5. The highest BCUT2D eigenvalue weighted by molar-refractivity contribution is 8.12. The van der Waals surface area contributed by atoms with Gasteiger partial charge in [-0.25, -0.2) is 0 Å². The molecule has 0 amide bonds. The third-order valence-electron chi connectivity index (χ3n) is 1.36. The van der Waals surface area contributed by atoms with Gasteiger partial charge in [-0.2, -0.15) is 13.1 Å². The standard InChI is InChI=1S/C7H7Cl2NO2S/c8-7-3-1-6(2-4-7)5-10-13(9,11)12/h1-4,10H,5H2. The molecule has 3 nitrogen and oxygen atoms in total. The van der Waals surface area contributed by atoms with Gasteiger partial charge in [-0.3, -0.25) is 0 Å². The molecule has 6 heteroatoms. The Labute approximate surface area is 86.2 Å².